The molecule has 1 aromatic heterocycles. The molecule has 0 fully saturated rings. The molecule has 0 atom stereocenters. The number of halogens is 1. The number of sulfonamides is 1. The second kappa shape index (κ2) is 11.5. The van der Waals surface area contributed by atoms with Crippen LogP contribution in [0.2, 0.25) is 0 Å². The van der Waals surface area contributed by atoms with Crippen molar-refractivity contribution in [2.75, 3.05) is 24.1 Å². The number of nitro benzene ring substituents is 1. The van der Waals surface area contributed by atoms with E-state index in [1.54, 1.807) is 18.2 Å². The molecule has 0 radical (unpaired) electrons. The summed E-state index contributed by atoms with van der Waals surface area (Å²) in [4.78, 5) is 23.1. The zero-order chi connectivity index (χ0) is 29.0. The van der Waals surface area contributed by atoms with Gasteiger partial charge in [0.2, 0.25) is 0 Å². The standard InChI is InChI=1S/C27H21FN4O8S/c28-19-4-6-20(7-5-19)31(41(36,37)23-9-11-25-26(15-23)39-13-12-38-25)17-27(33)30-29-16-22-8-10-24(40-22)18-2-1-3-21(14-18)32(34)35/h1-11,14-16H,12-13,17H2,(H,30,33)/b29-16-. The number of rotatable bonds is 9. The molecule has 12 nitrogen and oxygen atoms in total. The highest BCUT2D eigenvalue weighted by atomic mass is 32.2. The van der Waals surface area contributed by atoms with Gasteiger partial charge in [-0.1, -0.05) is 12.1 Å². The lowest BCUT2D eigenvalue weighted by Gasteiger charge is -2.25. The third-order valence-corrected chi connectivity index (χ3v) is 7.62. The monoisotopic (exact) mass is 580 g/mol. The largest absolute Gasteiger partial charge is 0.486 e. The Bertz CT molecular complexity index is 1740. The van der Waals surface area contributed by atoms with E-state index in [0.29, 0.717) is 23.7 Å². The van der Waals surface area contributed by atoms with Crippen LogP contribution < -0.4 is 19.2 Å². The minimum Gasteiger partial charge on any atom is -0.486 e. The van der Waals surface area contributed by atoms with Crippen molar-refractivity contribution in [1.82, 2.24) is 5.43 Å². The highest BCUT2D eigenvalue weighted by molar-refractivity contribution is 7.92. The summed E-state index contributed by atoms with van der Waals surface area (Å²) in [6, 6.07) is 17.7. The predicted octanol–water partition coefficient (Wildman–Crippen LogP) is 4.11. The Morgan fingerprint density at radius 1 is 1.02 bits per heavy atom. The van der Waals surface area contributed by atoms with Crippen LogP contribution >= 0.6 is 0 Å². The Kier molecular flexibility index (Phi) is 7.65. The highest BCUT2D eigenvalue weighted by Gasteiger charge is 2.29. The van der Waals surface area contributed by atoms with Crippen molar-refractivity contribution in [3.8, 4) is 22.8 Å². The minimum atomic E-state index is -4.31. The van der Waals surface area contributed by atoms with E-state index in [1.807, 2.05) is 0 Å². The number of carbonyl (C=O) groups is 1. The third-order valence-electron chi connectivity index (χ3n) is 5.85. The number of furan rings is 1. The first-order valence-electron chi connectivity index (χ1n) is 12.1. The Morgan fingerprint density at radius 2 is 1.78 bits per heavy atom. The van der Waals surface area contributed by atoms with Gasteiger partial charge in [-0.15, -0.1) is 0 Å². The Balaban J connectivity index is 1.32. The SMILES string of the molecule is O=C(CN(c1ccc(F)cc1)S(=O)(=O)c1ccc2c(c1)OCCO2)N/N=C\c1ccc(-c2cccc([N+](=O)[O-])c2)o1. The number of hydrogen-bond acceptors (Lipinski definition) is 9. The van der Waals surface area contributed by atoms with Gasteiger partial charge in [0.15, 0.2) is 11.5 Å². The molecule has 1 aliphatic heterocycles. The zero-order valence-corrected chi connectivity index (χ0v) is 21.9. The fraction of sp³-hybridized carbons (Fsp3) is 0.111. The van der Waals surface area contributed by atoms with E-state index in [-0.39, 0.29) is 34.4 Å². The van der Waals surface area contributed by atoms with Crippen LogP contribution in [0.15, 0.2) is 93.3 Å². The molecule has 1 aliphatic rings. The number of hydrogen-bond donors (Lipinski definition) is 1. The number of non-ortho nitro benzene ring substituents is 1. The molecule has 0 spiro atoms. The average molecular weight is 581 g/mol. The second-order valence-corrected chi connectivity index (χ2v) is 10.5. The van der Waals surface area contributed by atoms with E-state index >= 15 is 0 Å². The molecular formula is C27H21FN4O8S. The van der Waals surface area contributed by atoms with Crippen molar-refractivity contribution in [2.45, 2.75) is 4.90 Å². The number of nitrogens with one attached hydrogen (secondary N) is 1. The van der Waals surface area contributed by atoms with Crippen molar-refractivity contribution >= 4 is 33.5 Å². The molecule has 3 aromatic carbocycles. The number of nitro groups is 1. The predicted molar refractivity (Wildman–Crippen MR) is 145 cm³/mol. The van der Waals surface area contributed by atoms with Gasteiger partial charge in [-0.2, -0.15) is 5.10 Å². The van der Waals surface area contributed by atoms with E-state index in [2.05, 4.69) is 10.5 Å². The van der Waals surface area contributed by atoms with Gasteiger partial charge >= 0.3 is 0 Å². The van der Waals surface area contributed by atoms with Crippen LogP contribution in [0.3, 0.4) is 0 Å². The molecule has 0 bridgehead atoms. The summed E-state index contributed by atoms with van der Waals surface area (Å²) in [5.74, 6) is -0.171. The van der Waals surface area contributed by atoms with Crippen LogP contribution in [0, 0.1) is 15.9 Å². The number of ether oxygens (including phenoxy) is 2. The molecule has 14 heteroatoms. The minimum absolute atomic E-state index is 0.0491. The number of hydrazone groups is 1. The van der Waals surface area contributed by atoms with Crippen LogP contribution in [0.1, 0.15) is 5.76 Å². The fourth-order valence-corrected chi connectivity index (χ4v) is 5.35. The van der Waals surface area contributed by atoms with E-state index < -0.39 is 33.2 Å². The second-order valence-electron chi connectivity index (χ2n) is 8.60. The van der Waals surface area contributed by atoms with Gasteiger partial charge in [-0.25, -0.2) is 18.2 Å². The lowest BCUT2D eigenvalue weighted by molar-refractivity contribution is -0.384. The first-order valence-corrected chi connectivity index (χ1v) is 13.5. The summed E-state index contributed by atoms with van der Waals surface area (Å²) in [6.45, 7) is -0.104. The maximum absolute atomic E-state index is 13.6. The topological polar surface area (TPSA) is 154 Å². The van der Waals surface area contributed by atoms with Gasteiger partial charge in [0.1, 0.15) is 37.1 Å². The average Bonchev–Trinajstić information content (AvgIpc) is 3.45. The molecule has 0 saturated carbocycles. The van der Waals surface area contributed by atoms with Crippen LogP contribution in [0.4, 0.5) is 15.8 Å². The van der Waals surface area contributed by atoms with Crippen LogP contribution in [0.25, 0.3) is 11.3 Å². The molecule has 2 heterocycles. The first kappa shape index (κ1) is 27.3. The number of anilines is 1. The van der Waals surface area contributed by atoms with Gasteiger partial charge in [0.25, 0.3) is 21.6 Å². The summed E-state index contributed by atoms with van der Waals surface area (Å²) in [5.41, 5.74) is 2.67. The van der Waals surface area contributed by atoms with E-state index in [1.165, 1.54) is 54.7 Å². The molecule has 1 amide bonds. The summed E-state index contributed by atoms with van der Waals surface area (Å²) in [5, 5.41) is 14.8. The summed E-state index contributed by atoms with van der Waals surface area (Å²) >= 11 is 0. The molecule has 5 rings (SSSR count). The maximum Gasteiger partial charge on any atom is 0.270 e. The molecule has 0 aliphatic carbocycles. The van der Waals surface area contributed by atoms with Crippen LogP contribution in [-0.4, -0.2) is 45.2 Å². The van der Waals surface area contributed by atoms with Crippen molar-refractivity contribution in [3.05, 3.63) is 101 Å². The van der Waals surface area contributed by atoms with Crippen molar-refractivity contribution in [3.63, 3.8) is 0 Å². The quantitative estimate of drug-likeness (QED) is 0.176. The molecular weight excluding hydrogens is 559 g/mol. The van der Waals surface area contributed by atoms with Gasteiger partial charge in [0, 0.05) is 23.8 Å². The maximum atomic E-state index is 13.6. The van der Waals surface area contributed by atoms with Crippen molar-refractivity contribution in [1.29, 1.82) is 0 Å². The van der Waals surface area contributed by atoms with Crippen molar-refractivity contribution in [2.24, 2.45) is 5.10 Å². The number of carbonyl (C=O) groups excluding carboxylic acids is 1. The molecule has 0 saturated heterocycles. The molecule has 41 heavy (non-hydrogen) atoms. The van der Waals surface area contributed by atoms with E-state index in [4.69, 9.17) is 13.9 Å². The number of benzene rings is 3. The smallest absolute Gasteiger partial charge is 0.270 e. The molecule has 0 unspecified atom stereocenters. The van der Waals surface area contributed by atoms with Crippen LogP contribution in [0.5, 0.6) is 11.5 Å². The Labute approximate surface area is 232 Å². The van der Waals surface area contributed by atoms with Gasteiger partial charge in [-0.05, 0) is 48.5 Å². The van der Waals surface area contributed by atoms with Gasteiger partial charge in [-0.3, -0.25) is 19.2 Å². The fourth-order valence-electron chi connectivity index (χ4n) is 3.92. The molecule has 4 aromatic rings. The first-order chi connectivity index (χ1) is 19.7. The Morgan fingerprint density at radius 3 is 2.54 bits per heavy atom. The summed E-state index contributed by atoms with van der Waals surface area (Å²) in [7, 11) is -4.31. The lowest BCUT2D eigenvalue weighted by Crippen LogP contribution is -2.39. The summed E-state index contributed by atoms with van der Waals surface area (Å²) in [6.07, 6.45) is 1.19. The Hall–Kier alpha value is -5.24. The number of nitrogens with zero attached hydrogens (tertiary/aromatic N) is 3. The zero-order valence-electron chi connectivity index (χ0n) is 21.1. The van der Waals surface area contributed by atoms with Crippen molar-refractivity contribution < 1.29 is 36.4 Å². The lowest BCUT2D eigenvalue weighted by atomic mass is 10.1. The number of amides is 1. The highest BCUT2D eigenvalue weighted by Crippen LogP contribution is 2.34. The van der Waals surface area contributed by atoms with E-state index in [9.17, 15) is 27.7 Å². The third kappa shape index (κ3) is 6.17. The number of fused-ring (bicyclic) bond motifs is 1. The normalized spacial score (nSPS) is 12.7. The van der Waals surface area contributed by atoms with E-state index in [0.717, 1.165) is 16.4 Å². The van der Waals surface area contributed by atoms with Gasteiger partial charge in [0.05, 0.1) is 21.7 Å². The van der Waals surface area contributed by atoms with Crippen LogP contribution in [-0.2, 0) is 14.8 Å². The molecule has 210 valence electrons. The molecule has 1 N–H and O–H groups in total. The van der Waals surface area contributed by atoms with Gasteiger partial charge < -0.3 is 13.9 Å². The summed E-state index contributed by atoms with van der Waals surface area (Å²) < 4.78 is 58.1.